The van der Waals surface area contributed by atoms with Gasteiger partial charge in [0.05, 0.1) is 6.04 Å². The number of hydrogen-bond donors (Lipinski definition) is 2. The number of nitrogens with zero attached hydrogens (tertiary/aromatic N) is 2. The molecule has 0 bridgehead atoms. The highest BCUT2D eigenvalue weighted by Gasteiger charge is 2.16. The van der Waals surface area contributed by atoms with Crippen LogP contribution in [0.3, 0.4) is 0 Å². The molecule has 1 aliphatic heterocycles. The van der Waals surface area contributed by atoms with Crippen LogP contribution in [0.15, 0.2) is 4.42 Å². The van der Waals surface area contributed by atoms with Crippen LogP contribution >= 0.6 is 23.5 Å². The van der Waals surface area contributed by atoms with Gasteiger partial charge in [0.15, 0.2) is 0 Å². The molecule has 108 valence electrons. The predicted molar refractivity (Wildman–Crippen MR) is 83.1 cm³/mol. The third-order valence-electron chi connectivity index (χ3n) is 2.88. The predicted octanol–water partition coefficient (Wildman–Crippen LogP) is 2.39. The SMILES string of the molecule is CCCNC(C)c1nnc(NCC2CSCCS2)o1. The van der Waals surface area contributed by atoms with Crippen molar-refractivity contribution in [3.63, 3.8) is 0 Å². The lowest BCUT2D eigenvalue weighted by atomic mass is 10.3. The second kappa shape index (κ2) is 8.01. The largest absolute Gasteiger partial charge is 0.406 e. The van der Waals surface area contributed by atoms with Gasteiger partial charge in [-0.15, -0.1) is 5.10 Å². The summed E-state index contributed by atoms with van der Waals surface area (Å²) in [4.78, 5) is 0. The van der Waals surface area contributed by atoms with Gasteiger partial charge in [-0.3, -0.25) is 0 Å². The first-order valence-electron chi connectivity index (χ1n) is 6.79. The van der Waals surface area contributed by atoms with Gasteiger partial charge in [0.2, 0.25) is 5.89 Å². The fourth-order valence-electron chi connectivity index (χ4n) is 1.78. The van der Waals surface area contributed by atoms with Crippen LogP contribution < -0.4 is 10.6 Å². The van der Waals surface area contributed by atoms with E-state index in [0.29, 0.717) is 17.2 Å². The molecule has 19 heavy (non-hydrogen) atoms. The van der Waals surface area contributed by atoms with Crippen molar-refractivity contribution in [2.45, 2.75) is 31.6 Å². The number of hydrogen-bond acceptors (Lipinski definition) is 7. The van der Waals surface area contributed by atoms with E-state index in [9.17, 15) is 0 Å². The van der Waals surface area contributed by atoms with E-state index in [1.165, 1.54) is 17.3 Å². The number of rotatable bonds is 7. The zero-order valence-electron chi connectivity index (χ0n) is 11.5. The molecule has 2 rings (SSSR count). The second-order valence-electron chi connectivity index (χ2n) is 4.57. The molecule has 0 aromatic carbocycles. The third kappa shape index (κ3) is 4.89. The molecule has 0 radical (unpaired) electrons. The molecule has 5 nitrogen and oxygen atoms in total. The normalized spacial score (nSPS) is 21.3. The van der Waals surface area contributed by atoms with Gasteiger partial charge in [0, 0.05) is 29.1 Å². The highest BCUT2D eigenvalue weighted by molar-refractivity contribution is 8.06. The zero-order chi connectivity index (χ0) is 13.5. The number of aromatic nitrogens is 2. The van der Waals surface area contributed by atoms with Crippen molar-refractivity contribution in [1.29, 1.82) is 0 Å². The minimum Gasteiger partial charge on any atom is -0.406 e. The highest BCUT2D eigenvalue weighted by atomic mass is 32.2. The van der Waals surface area contributed by atoms with Gasteiger partial charge in [-0.2, -0.15) is 23.5 Å². The van der Waals surface area contributed by atoms with Crippen molar-refractivity contribution in [3.05, 3.63) is 5.89 Å². The summed E-state index contributed by atoms with van der Waals surface area (Å²) in [6.07, 6.45) is 1.10. The summed E-state index contributed by atoms with van der Waals surface area (Å²) in [5.74, 6) is 4.37. The minimum atomic E-state index is 0.114. The molecule has 1 fully saturated rings. The number of anilines is 1. The Labute approximate surface area is 123 Å². The Bertz CT molecular complexity index is 368. The monoisotopic (exact) mass is 302 g/mol. The molecule has 2 atom stereocenters. The van der Waals surface area contributed by atoms with E-state index in [4.69, 9.17) is 4.42 Å². The quantitative estimate of drug-likeness (QED) is 0.802. The molecule has 1 saturated heterocycles. The van der Waals surface area contributed by atoms with Crippen molar-refractivity contribution in [2.75, 3.05) is 35.7 Å². The van der Waals surface area contributed by atoms with E-state index in [0.717, 1.165) is 19.5 Å². The molecule has 1 aliphatic rings. The van der Waals surface area contributed by atoms with Crippen LogP contribution in [0.4, 0.5) is 6.01 Å². The van der Waals surface area contributed by atoms with Crippen molar-refractivity contribution in [3.8, 4) is 0 Å². The van der Waals surface area contributed by atoms with Gasteiger partial charge in [-0.25, -0.2) is 0 Å². The maximum atomic E-state index is 5.62. The van der Waals surface area contributed by atoms with Gasteiger partial charge in [-0.1, -0.05) is 12.0 Å². The first kappa shape index (κ1) is 15.0. The van der Waals surface area contributed by atoms with Crippen molar-refractivity contribution >= 4 is 29.5 Å². The summed E-state index contributed by atoms with van der Waals surface area (Å²) in [6.45, 7) is 6.04. The van der Waals surface area contributed by atoms with E-state index in [-0.39, 0.29) is 6.04 Å². The lowest BCUT2D eigenvalue weighted by Gasteiger charge is -2.20. The Morgan fingerprint density at radius 3 is 3.05 bits per heavy atom. The van der Waals surface area contributed by atoms with Crippen LogP contribution in [0, 0.1) is 0 Å². The Hall–Kier alpha value is -0.400. The maximum Gasteiger partial charge on any atom is 0.315 e. The Morgan fingerprint density at radius 2 is 2.32 bits per heavy atom. The van der Waals surface area contributed by atoms with Crippen LogP contribution in [-0.2, 0) is 0 Å². The molecule has 1 aromatic rings. The van der Waals surface area contributed by atoms with E-state index in [1.54, 1.807) is 0 Å². The van der Waals surface area contributed by atoms with Gasteiger partial charge >= 0.3 is 6.01 Å². The summed E-state index contributed by atoms with van der Waals surface area (Å²) in [5.41, 5.74) is 0. The molecular weight excluding hydrogens is 280 g/mol. The molecule has 0 aliphatic carbocycles. The van der Waals surface area contributed by atoms with E-state index >= 15 is 0 Å². The van der Waals surface area contributed by atoms with Gasteiger partial charge in [0.25, 0.3) is 0 Å². The Kier molecular flexibility index (Phi) is 6.33. The van der Waals surface area contributed by atoms with Crippen molar-refractivity contribution in [2.24, 2.45) is 0 Å². The topological polar surface area (TPSA) is 63.0 Å². The van der Waals surface area contributed by atoms with Crippen LogP contribution in [0.2, 0.25) is 0 Å². The van der Waals surface area contributed by atoms with E-state index in [1.807, 2.05) is 30.4 Å². The van der Waals surface area contributed by atoms with Crippen LogP contribution in [-0.4, -0.2) is 45.8 Å². The van der Waals surface area contributed by atoms with E-state index in [2.05, 4.69) is 27.8 Å². The summed E-state index contributed by atoms with van der Waals surface area (Å²) >= 11 is 4.04. The van der Waals surface area contributed by atoms with Gasteiger partial charge in [-0.05, 0) is 19.9 Å². The van der Waals surface area contributed by atoms with Crippen molar-refractivity contribution < 1.29 is 4.42 Å². The molecule has 0 saturated carbocycles. The molecule has 1 aromatic heterocycles. The van der Waals surface area contributed by atoms with Crippen molar-refractivity contribution in [1.82, 2.24) is 15.5 Å². The average molecular weight is 302 g/mol. The summed E-state index contributed by atoms with van der Waals surface area (Å²) in [7, 11) is 0. The highest BCUT2D eigenvalue weighted by Crippen LogP contribution is 2.24. The Balaban J connectivity index is 1.76. The third-order valence-corrected chi connectivity index (χ3v) is 5.72. The fraction of sp³-hybridized carbons (Fsp3) is 0.833. The van der Waals surface area contributed by atoms with Crippen LogP contribution in [0.25, 0.3) is 0 Å². The lowest BCUT2D eigenvalue weighted by molar-refractivity contribution is 0.423. The molecule has 2 N–H and O–H groups in total. The number of thioether (sulfide) groups is 2. The minimum absolute atomic E-state index is 0.114. The smallest absolute Gasteiger partial charge is 0.315 e. The summed E-state index contributed by atoms with van der Waals surface area (Å²) in [5, 5.41) is 15.3. The first-order chi connectivity index (χ1) is 9.29. The molecule has 0 amide bonds. The molecule has 0 spiro atoms. The molecule has 7 heteroatoms. The van der Waals surface area contributed by atoms with Gasteiger partial charge < -0.3 is 15.1 Å². The standard InChI is InChI=1S/C12H22N4OS2/c1-3-4-13-9(2)11-15-16-12(17-11)14-7-10-8-18-5-6-19-10/h9-10,13H,3-8H2,1-2H3,(H,14,16). The second-order valence-corrected chi connectivity index (χ2v) is 7.13. The Morgan fingerprint density at radius 1 is 1.42 bits per heavy atom. The van der Waals surface area contributed by atoms with Crippen LogP contribution in [0.1, 0.15) is 32.2 Å². The molecule has 2 heterocycles. The first-order valence-corrected chi connectivity index (χ1v) is 9.00. The van der Waals surface area contributed by atoms with Crippen LogP contribution in [0.5, 0.6) is 0 Å². The summed E-state index contributed by atoms with van der Waals surface area (Å²) in [6, 6.07) is 0.652. The maximum absolute atomic E-state index is 5.62. The summed E-state index contributed by atoms with van der Waals surface area (Å²) < 4.78 is 5.62. The molecular formula is C12H22N4OS2. The zero-order valence-corrected chi connectivity index (χ0v) is 13.1. The fourth-order valence-corrected chi connectivity index (χ4v) is 4.40. The number of nitrogens with one attached hydrogen (secondary N) is 2. The van der Waals surface area contributed by atoms with Gasteiger partial charge in [0.1, 0.15) is 0 Å². The molecule has 2 unspecified atom stereocenters. The van der Waals surface area contributed by atoms with E-state index < -0.39 is 0 Å². The lowest BCUT2D eigenvalue weighted by Crippen LogP contribution is -2.23. The average Bonchev–Trinajstić information content (AvgIpc) is 2.92.